The van der Waals surface area contributed by atoms with E-state index in [4.69, 9.17) is 16.3 Å². The molecule has 1 heterocycles. The molecule has 0 spiro atoms. The first-order chi connectivity index (χ1) is 13.6. The van der Waals surface area contributed by atoms with Crippen LogP contribution in [0.2, 0.25) is 5.02 Å². The monoisotopic (exact) mass is 396 g/mol. The van der Waals surface area contributed by atoms with Gasteiger partial charge >= 0.3 is 0 Å². The van der Waals surface area contributed by atoms with E-state index >= 15 is 0 Å². The third-order valence-electron chi connectivity index (χ3n) is 4.64. The Morgan fingerprint density at radius 1 is 1.21 bits per heavy atom. The van der Waals surface area contributed by atoms with Gasteiger partial charge in [-0.05, 0) is 55.7 Å². The number of amides is 1. The minimum Gasteiger partial charge on any atom is -0.484 e. The molecular formula is C21H21ClN4O2. The lowest BCUT2D eigenvalue weighted by Crippen LogP contribution is -2.30. The number of carbonyl (C=O) groups is 1. The van der Waals surface area contributed by atoms with Crippen LogP contribution >= 0.6 is 11.6 Å². The summed E-state index contributed by atoms with van der Waals surface area (Å²) in [6.07, 6.45) is 3.66. The molecule has 144 valence electrons. The fourth-order valence-electron chi connectivity index (χ4n) is 2.93. The van der Waals surface area contributed by atoms with E-state index in [0.717, 1.165) is 35.1 Å². The lowest BCUT2D eigenvalue weighted by atomic mass is 10.1. The van der Waals surface area contributed by atoms with E-state index < -0.39 is 0 Å². The van der Waals surface area contributed by atoms with Gasteiger partial charge in [0.1, 0.15) is 17.9 Å². The van der Waals surface area contributed by atoms with Gasteiger partial charge in [-0.3, -0.25) is 4.79 Å². The summed E-state index contributed by atoms with van der Waals surface area (Å²) in [6.45, 7) is 2.10. The van der Waals surface area contributed by atoms with Crippen LogP contribution in [-0.4, -0.2) is 28.5 Å². The molecule has 1 amide bonds. The summed E-state index contributed by atoms with van der Waals surface area (Å²) in [5, 5.41) is 7.89. The second kappa shape index (κ2) is 8.02. The predicted octanol–water partition coefficient (Wildman–Crippen LogP) is 4.11. The smallest absolute Gasteiger partial charge is 0.258 e. The number of halogens is 1. The van der Waals surface area contributed by atoms with E-state index in [-0.39, 0.29) is 18.6 Å². The summed E-state index contributed by atoms with van der Waals surface area (Å²) in [4.78, 5) is 20.3. The molecule has 1 aromatic heterocycles. The molecule has 1 aliphatic carbocycles. The molecule has 0 radical (unpaired) electrons. The molecule has 1 saturated carbocycles. The maximum atomic E-state index is 11.7. The summed E-state index contributed by atoms with van der Waals surface area (Å²) >= 11 is 6.04. The van der Waals surface area contributed by atoms with Crippen LogP contribution in [0.25, 0.3) is 10.9 Å². The zero-order chi connectivity index (χ0) is 19.5. The molecule has 1 atom stereocenters. The molecule has 1 unspecified atom stereocenters. The van der Waals surface area contributed by atoms with Crippen LogP contribution in [0.4, 0.5) is 5.82 Å². The maximum Gasteiger partial charge on any atom is 0.258 e. The Bertz CT molecular complexity index is 989. The average Bonchev–Trinajstić information content (AvgIpc) is 3.50. The number of nitrogens with one attached hydrogen (secondary N) is 2. The first-order valence-electron chi connectivity index (χ1n) is 9.27. The van der Waals surface area contributed by atoms with Crippen molar-refractivity contribution in [2.24, 2.45) is 0 Å². The number of hydrogen-bond acceptors (Lipinski definition) is 5. The first-order valence-corrected chi connectivity index (χ1v) is 9.65. The van der Waals surface area contributed by atoms with Gasteiger partial charge in [-0.25, -0.2) is 9.97 Å². The second-order valence-electron chi connectivity index (χ2n) is 6.95. The van der Waals surface area contributed by atoms with Crippen molar-refractivity contribution in [3.05, 3.63) is 59.4 Å². The van der Waals surface area contributed by atoms with Crippen molar-refractivity contribution in [3.8, 4) is 5.75 Å². The third kappa shape index (κ3) is 4.51. The quantitative estimate of drug-likeness (QED) is 0.628. The number of carbonyl (C=O) groups excluding carboxylic acids is 1. The molecule has 3 aromatic rings. The Labute approximate surface area is 168 Å². The minimum absolute atomic E-state index is 0.0287. The second-order valence-corrected chi connectivity index (χ2v) is 7.39. The van der Waals surface area contributed by atoms with Gasteiger partial charge in [0, 0.05) is 22.5 Å². The Balaban J connectivity index is 1.39. The van der Waals surface area contributed by atoms with Crippen LogP contribution in [0.5, 0.6) is 5.75 Å². The minimum atomic E-state index is -0.0719. The lowest BCUT2D eigenvalue weighted by molar-refractivity contribution is -0.123. The summed E-state index contributed by atoms with van der Waals surface area (Å²) in [5.74, 6) is 1.35. The van der Waals surface area contributed by atoms with Gasteiger partial charge in [-0.2, -0.15) is 0 Å². The molecule has 28 heavy (non-hydrogen) atoms. The third-order valence-corrected chi connectivity index (χ3v) is 4.88. The number of aromatic nitrogens is 2. The molecule has 2 aromatic carbocycles. The zero-order valence-electron chi connectivity index (χ0n) is 15.5. The predicted molar refractivity (Wildman–Crippen MR) is 110 cm³/mol. The first kappa shape index (κ1) is 18.5. The highest BCUT2D eigenvalue weighted by molar-refractivity contribution is 6.31. The Morgan fingerprint density at radius 3 is 2.75 bits per heavy atom. The van der Waals surface area contributed by atoms with Crippen LogP contribution < -0.4 is 15.4 Å². The Kier molecular flexibility index (Phi) is 5.30. The number of ether oxygens (including phenoxy) is 1. The van der Waals surface area contributed by atoms with Crippen LogP contribution in [-0.2, 0) is 4.79 Å². The Morgan fingerprint density at radius 2 is 2.00 bits per heavy atom. The van der Waals surface area contributed by atoms with Gasteiger partial charge in [0.05, 0.1) is 5.52 Å². The molecule has 1 aliphatic rings. The standard InChI is InChI=1S/C21H21ClN4O2/c1-13(25-21-18-9-4-15(22)10-19(18)23-12-24-21)14-2-7-17(8-3-14)28-11-20(27)26-16-5-6-16/h2-4,7-10,12-13,16H,5-6,11H2,1H3,(H,26,27)(H,23,24,25). The summed E-state index contributed by atoms with van der Waals surface area (Å²) in [7, 11) is 0. The number of anilines is 1. The molecule has 1 fully saturated rings. The number of rotatable bonds is 7. The van der Waals surface area contributed by atoms with Gasteiger partial charge in [-0.1, -0.05) is 23.7 Å². The molecule has 0 saturated heterocycles. The highest BCUT2D eigenvalue weighted by Crippen LogP contribution is 2.26. The van der Waals surface area contributed by atoms with E-state index in [9.17, 15) is 4.79 Å². The number of benzene rings is 2. The van der Waals surface area contributed by atoms with Crippen molar-refractivity contribution in [2.45, 2.75) is 31.8 Å². The SMILES string of the molecule is CC(Nc1ncnc2cc(Cl)ccc12)c1ccc(OCC(=O)NC2CC2)cc1. The molecule has 0 aliphatic heterocycles. The number of nitrogens with zero attached hydrogens (tertiary/aromatic N) is 2. The van der Waals surface area contributed by atoms with Gasteiger partial charge < -0.3 is 15.4 Å². The zero-order valence-corrected chi connectivity index (χ0v) is 16.2. The highest BCUT2D eigenvalue weighted by Gasteiger charge is 2.23. The van der Waals surface area contributed by atoms with Crippen molar-refractivity contribution < 1.29 is 9.53 Å². The van der Waals surface area contributed by atoms with Crippen molar-refractivity contribution in [3.63, 3.8) is 0 Å². The van der Waals surface area contributed by atoms with Crippen molar-refractivity contribution >= 4 is 34.2 Å². The van der Waals surface area contributed by atoms with Gasteiger partial charge in [0.25, 0.3) is 5.91 Å². The van der Waals surface area contributed by atoms with Gasteiger partial charge in [0.2, 0.25) is 0 Å². The highest BCUT2D eigenvalue weighted by atomic mass is 35.5. The van der Waals surface area contributed by atoms with Crippen molar-refractivity contribution in [1.29, 1.82) is 0 Å². The molecular weight excluding hydrogens is 376 g/mol. The fraction of sp³-hybridized carbons (Fsp3) is 0.286. The summed E-state index contributed by atoms with van der Waals surface area (Å²) < 4.78 is 5.55. The van der Waals surface area contributed by atoms with Gasteiger partial charge in [-0.15, -0.1) is 0 Å². The van der Waals surface area contributed by atoms with E-state index in [1.54, 1.807) is 0 Å². The average molecular weight is 397 g/mol. The number of fused-ring (bicyclic) bond motifs is 1. The van der Waals surface area contributed by atoms with E-state index in [1.165, 1.54) is 6.33 Å². The maximum absolute atomic E-state index is 11.7. The number of hydrogen-bond donors (Lipinski definition) is 2. The summed E-state index contributed by atoms with van der Waals surface area (Å²) in [6, 6.07) is 13.6. The molecule has 4 rings (SSSR count). The normalized spacial score (nSPS) is 14.5. The molecule has 7 heteroatoms. The van der Waals surface area contributed by atoms with Crippen LogP contribution in [0.3, 0.4) is 0 Å². The summed E-state index contributed by atoms with van der Waals surface area (Å²) in [5.41, 5.74) is 1.88. The topological polar surface area (TPSA) is 76.1 Å². The van der Waals surface area contributed by atoms with Crippen LogP contribution in [0, 0.1) is 0 Å². The van der Waals surface area contributed by atoms with Crippen molar-refractivity contribution in [2.75, 3.05) is 11.9 Å². The van der Waals surface area contributed by atoms with E-state index in [1.807, 2.05) is 42.5 Å². The van der Waals surface area contributed by atoms with E-state index in [0.29, 0.717) is 16.8 Å². The van der Waals surface area contributed by atoms with Gasteiger partial charge in [0.15, 0.2) is 6.61 Å². The van der Waals surface area contributed by atoms with E-state index in [2.05, 4.69) is 27.5 Å². The van der Waals surface area contributed by atoms with Crippen molar-refractivity contribution in [1.82, 2.24) is 15.3 Å². The lowest BCUT2D eigenvalue weighted by Gasteiger charge is -2.17. The molecule has 2 N–H and O–H groups in total. The Hall–Kier alpha value is -2.86. The molecule has 0 bridgehead atoms. The fourth-order valence-corrected chi connectivity index (χ4v) is 3.10. The van der Waals surface area contributed by atoms with Crippen LogP contribution in [0.15, 0.2) is 48.8 Å². The largest absolute Gasteiger partial charge is 0.484 e. The molecule has 6 nitrogen and oxygen atoms in total. The van der Waals surface area contributed by atoms with Crippen LogP contribution in [0.1, 0.15) is 31.4 Å².